The Morgan fingerprint density at radius 2 is 1.65 bits per heavy atom. The molecular weight excluding hydrogens is 465 g/mol. The van der Waals surface area contributed by atoms with Gasteiger partial charge in [-0.15, -0.1) is 15.9 Å². The molecule has 172 valence electrons. The van der Waals surface area contributed by atoms with Crippen LogP contribution in [-0.4, -0.2) is 13.0 Å². The van der Waals surface area contributed by atoms with Crippen LogP contribution in [0.5, 0.6) is 0 Å². The van der Waals surface area contributed by atoms with Crippen LogP contribution in [0.4, 0.5) is 11.4 Å². The SMILES string of the molecule is CO[P+](=O)NCc1ccc(Cc2ccc(C(=O)Nc3cc(-c4cccs4)ccc3N)cc2)cc1. The number of nitrogens with two attached hydrogens (primary N) is 1. The maximum atomic E-state index is 12.8. The van der Waals surface area contributed by atoms with E-state index in [9.17, 15) is 9.36 Å². The number of carbonyl (C=O) groups is 1. The maximum absolute atomic E-state index is 12.8. The molecule has 0 aliphatic carbocycles. The monoisotopic (exact) mass is 490 g/mol. The number of amides is 1. The molecule has 0 saturated carbocycles. The maximum Gasteiger partial charge on any atom is 0.613 e. The third-order valence-electron chi connectivity index (χ3n) is 5.33. The predicted molar refractivity (Wildman–Crippen MR) is 139 cm³/mol. The number of hydrogen-bond acceptors (Lipinski definition) is 5. The molecule has 0 fully saturated rings. The summed E-state index contributed by atoms with van der Waals surface area (Å²) in [6, 6.07) is 25.3. The average Bonchev–Trinajstić information content (AvgIpc) is 3.40. The molecule has 34 heavy (non-hydrogen) atoms. The molecule has 0 aliphatic rings. The lowest BCUT2D eigenvalue weighted by Crippen LogP contribution is -2.13. The average molecular weight is 491 g/mol. The van der Waals surface area contributed by atoms with Crippen molar-refractivity contribution >= 4 is 36.8 Å². The van der Waals surface area contributed by atoms with Crippen LogP contribution >= 0.6 is 19.5 Å². The summed E-state index contributed by atoms with van der Waals surface area (Å²) < 4.78 is 16.1. The lowest BCUT2D eigenvalue weighted by atomic mass is 10.0. The second-order valence-corrected chi connectivity index (χ2v) is 9.84. The first-order chi connectivity index (χ1) is 16.5. The van der Waals surface area contributed by atoms with Gasteiger partial charge in [-0.05, 0) is 69.0 Å². The highest BCUT2D eigenvalue weighted by Crippen LogP contribution is 2.30. The van der Waals surface area contributed by atoms with Gasteiger partial charge in [0.05, 0.1) is 25.0 Å². The molecule has 1 heterocycles. The molecule has 3 aromatic carbocycles. The van der Waals surface area contributed by atoms with E-state index in [0.717, 1.165) is 33.6 Å². The van der Waals surface area contributed by atoms with Crippen molar-refractivity contribution < 1.29 is 13.9 Å². The zero-order chi connectivity index (χ0) is 23.9. The number of rotatable bonds is 9. The van der Waals surface area contributed by atoms with Crippen LogP contribution in [0.2, 0.25) is 0 Å². The van der Waals surface area contributed by atoms with E-state index in [4.69, 9.17) is 10.3 Å². The van der Waals surface area contributed by atoms with Gasteiger partial charge in [0, 0.05) is 10.4 Å². The number of anilines is 2. The number of thiophene rings is 1. The summed E-state index contributed by atoms with van der Waals surface area (Å²) in [6.45, 7) is 0.480. The zero-order valence-corrected chi connectivity index (χ0v) is 20.4. The van der Waals surface area contributed by atoms with Gasteiger partial charge in [0.25, 0.3) is 5.91 Å². The van der Waals surface area contributed by atoms with Gasteiger partial charge in [-0.2, -0.15) is 0 Å². The molecule has 4 N–H and O–H groups in total. The highest BCUT2D eigenvalue weighted by Gasteiger charge is 2.13. The molecule has 0 spiro atoms. The molecule has 1 amide bonds. The first-order valence-electron chi connectivity index (χ1n) is 10.7. The summed E-state index contributed by atoms with van der Waals surface area (Å²) in [7, 11) is -0.420. The van der Waals surface area contributed by atoms with Crippen molar-refractivity contribution in [2.75, 3.05) is 18.2 Å². The van der Waals surface area contributed by atoms with Crippen LogP contribution < -0.4 is 16.1 Å². The van der Waals surface area contributed by atoms with Crippen LogP contribution in [0, 0.1) is 0 Å². The van der Waals surface area contributed by atoms with Crippen LogP contribution in [0.15, 0.2) is 84.2 Å². The molecule has 0 saturated heterocycles. The van der Waals surface area contributed by atoms with Crippen molar-refractivity contribution in [3.05, 3.63) is 106 Å². The van der Waals surface area contributed by atoms with Gasteiger partial charge in [0.15, 0.2) is 0 Å². The minimum atomic E-state index is -1.83. The highest BCUT2D eigenvalue weighted by molar-refractivity contribution is 7.36. The molecule has 0 aliphatic heterocycles. The van der Waals surface area contributed by atoms with Crippen LogP contribution in [0.3, 0.4) is 0 Å². The Labute approximate surface area is 203 Å². The Morgan fingerprint density at radius 3 is 2.29 bits per heavy atom. The summed E-state index contributed by atoms with van der Waals surface area (Å²) in [5.74, 6) is -0.201. The van der Waals surface area contributed by atoms with Gasteiger partial charge >= 0.3 is 8.18 Å². The van der Waals surface area contributed by atoms with E-state index >= 15 is 0 Å². The van der Waals surface area contributed by atoms with E-state index < -0.39 is 8.18 Å². The van der Waals surface area contributed by atoms with Crippen LogP contribution in [0.1, 0.15) is 27.0 Å². The van der Waals surface area contributed by atoms with E-state index in [1.54, 1.807) is 11.3 Å². The summed E-state index contributed by atoms with van der Waals surface area (Å²) >= 11 is 1.64. The smallest absolute Gasteiger partial charge is 0.397 e. The molecule has 0 bridgehead atoms. The Bertz CT molecular complexity index is 1270. The van der Waals surface area contributed by atoms with Crippen molar-refractivity contribution in [3.8, 4) is 10.4 Å². The minimum Gasteiger partial charge on any atom is -0.397 e. The summed E-state index contributed by atoms with van der Waals surface area (Å²) in [5.41, 5.74) is 12.1. The third-order valence-corrected chi connectivity index (χ3v) is 7.00. The van der Waals surface area contributed by atoms with Gasteiger partial charge in [-0.3, -0.25) is 4.79 Å². The number of carbonyl (C=O) groups excluding carboxylic acids is 1. The first-order valence-corrected chi connectivity index (χ1v) is 12.7. The molecular formula is C26H25N3O3PS+. The molecule has 1 aromatic heterocycles. The Morgan fingerprint density at radius 1 is 0.971 bits per heavy atom. The van der Waals surface area contributed by atoms with Crippen molar-refractivity contribution in [2.24, 2.45) is 0 Å². The molecule has 0 radical (unpaired) electrons. The van der Waals surface area contributed by atoms with Crippen molar-refractivity contribution in [3.63, 3.8) is 0 Å². The molecule has 8 heteroatoms. The molecule has 1 unspecified atom stereocenters. The zero-order valence-electron chi connectivity index (χ0n) is 18.7. The standard InChI is InChI=1S/C26H24N3O3PS/c1-32-33(31)28-17-20-6-4-18(5-7-20)15-19-8-10-21(11-9-19)26(30)29-24-16-22(12-13-23(24)27)25-3-2-14-34-25/h2-14,16H,15,17,27H2,1H3,(H-,28,29,30,31)/p+1. The summed E-state index contributed by atoms with van der Waals surface area (Å²) in [6.07, 6.45) is 0.748. The quantitative estimate of drug-likeness (QED) is 0.191. The minimum absolute atomic E-state index is 0.201. The largest absolute Gasteiger partial charge is 0.613 e. The topological polar surface area (TPSA) is 93.4 Å². The van der Waals surface area contributed by atoms with Gasteiger partial charge in [-0.1, -0.05) is 53.6 Å². The van der Waals surface area contributed by atoms with E-state index in [0.29, 0.717) is 23.5 Å². The van der Waals surface area contributed by atoms with E-state index in [1.807, 2.05) is 84.2 Å². The van der Waals surface area contributed by atoms with Gasteiger partial charge in [0.2, 0.25) is 0 Å². The van der Waals surface area contributed by atoms with E-state index in [-0.39, 0.29) is 5.91 Å². The van der Waals surface area contributed by atoms with Crippen LogP contribution in [0.25, 0.3) is 10.4 Å². The fourth-order valence-electron chi connectivity index (χ4n) is 3.46. The van der Waals surface area contributed by atoms with Crippen molar-refractivity contribution in [1.29, 1.82) is 0 Å². The first kappa shape index (κ1) is 23.8. The molecule has 6 nitrogen and oxygen atoms in total. The Balaban J connectivity index is 1.38. The molecule has 4 aromatic rings. The second kappa shape index (κ2) is 11.2. The summed E-state index contributed by atoms with van der Waals surface area (Å²) in [5, 5.41) is 7.76. The summed E-state index contributed by atoms with van der Waals surface area (Å²) in [4.78, 5) is 13.9. The molecule has 1 atom stereocenters. The fraction of sp³-hybridized carbons (Fsp3) is 0.115. The fourth-order valence-corrected chi connectivity index (χ4v) is 4.62. The number of nitrogens with one attached hydrogen (secondary N) is 2. The van der Waals surface area contributed by atoms with Gasteiger partial charge in [0.1, 0.15) is 0 Å². The lowest BCUT2D eigenvalue weighted by molar-refractivity contribution is 0.102. The number of hydrogen-bond donors (Lipinski definition) is 3. The Kier molecular flexibility index (Phi) is 7.83. The predicted octanol–water partition coefficient (Wildman–Crippen LogP) is 6.23. The van der Waals surface area contributed by atoms with Gasteiger partial charge < -0.3 is 11.1 Å². The van der Waals surface area contributed by atoms with Crippen molar-refractivity contribution in [2.45, 2.75) is 13.0 Å². The second-order valence-electron chi connectivity index (χ2n) is 7.70. The highest BCUT2D eigenvalue weighted by atomic mass is 32.1. The number of benzene rings is 3. The van der Waals surface area contributed by atoms with Crippen LogP contribution in [-0.2, 0) is 22.1 Å². The number of nitrogen functional groups attached to an aromatic ring is 1. The van der Waals surface area contributed by atoms with E-state index in [1.165, 1.54) is 7.11 Å². The van der Waals surface area contributed by atoms with Crippen molar-refractivity contribution in [1.82, 2.24) is 5.09 Å². The molecule has 4 rings (SSSR count). The normalized spacial score (nSPS) is 11.3. The third kappa shape index (κ3) is 6.16. The van der Waals surface area contributed by atoms with Gasteiger partial charge in [-0.25, -0.2) is 0 Å². The Hall–Kier alpha value is -3.35. The lowest BCUT2D eigenvalue weighted by Gasteiger charge is -2.11. The van der Waals surface area contributed by atoms with E-state index in [2.05, 4.69) is 10.4 Å².